The van der Waals surface area contributed by atoms with Gasteiger partial charge in [-0.2, -0.15) is 0 Å². The van der Waals surface area contributed by atoms with E-state index in [9.17, 15) is 9.59 Å². The van der Waals surface area contributed by atoms with E-state index in [1.807, 2.05) is 0 Å². The molecular formula is C8H16N2O4. The molecule has 14 heavy (non-hydrogen) atoms. The summed E-state index contributed by atoms with van der Waals surface area (Å²) in [4.78, 5) is 22.1. The molecule has 0 heterocycles. The quantitative estimate of drug-likeness (QED) is 0.302. The van der Waals surface area contributed by atoms with Gasteiger partial charge in [-0.1, -0.05) is 13.8 Å². The van der Waals surface area contributed by atoms with Crippen LogP contribution in [0.5, 0.6) is 0 Å². The van der Waals surface area contributed by atoms with Gasteiger partial charge in [-0.05, 0) is 12.8 Å². The number of ether oxygens (including phenoxy) is 1. The predicted octanol–water partition coefficient (Wildman–Crippen LogP) is -1.15. The number of esters is 2. The van der Waals surface area contributed by atoms with Gasteiger partial charge in [0.25, 0.3) is 0 Å². The highest BCUT2D eigenvalue weighted by molar-refractivity contribution is 5.92. The molecule has 0 saturated carbocycles. The third-order valence-electron chi connectivity index (χ3n) is 1.82. The molecule has 0 bridgehead atoms. The van der Waals surface area contributed by atoms with Crippen molar-refractivity contribution >= 4 is 11.9 Å². The molecule has 0 aromatic rings. The summed E-state index contributed by atoms with van der Waals surface area (Å²) < 4.78 is 4.28. The summed E-state index contributed by atoms with van der Waals surface area (Å²) in [5.41, 5.74) is 8.96. The van der Waals surface area contributed by atoms with Crippen LogP contribution < -0.4 is 11.5 Å². The SMILES string of the molecule is CCC(O)C(=O)OC(=O)C(N)(N)CC. The van der Waals surface area contributed by atoms with Gasteiger partial charge in [-0.25, -0.2) is 9.59 Å². The molecule has 0 aliphatic carbocycles. The fourth-order valence-corrected chi connectivity index (χ4v) is 0.565. The fourth-order valence-electron chi connectivity index (χ4n) is 0.565. The molecule has 5 N–H and O–H groups in total. The number of nitrogens with two attached hydrogens (primary N) is 2. The van der Waals surface area contributed by atoms with Crippen LogP contribution in [-0.2, 0) is 14.3 Å². The Morgan fingerprint density at radius 2 is 1.93 bits per heavy atom. The third-order valence-corrected chi connectivity index (χ3v) is 1.82. The zero-order valence-corrected chi connectivity index (χ0v) is 8.32. The van der Waals surface area contributed by atoms with Gasteiger partial charge < -0.3 is 21.3 Å². The summed E-state index contributed by atoms with van der Waals surface area (Å²) >= 11 is 0. The highest BCUT2D eigenvalue weighted by atomic mass is 16.6. The summed E-state index contributed by atoms with van der Waals surface area (Å²) in [5.74, 6) is -2.05. The van der Waals surface area contributed by atoms with Crippen LogP contribution in [0.1, 0.15) is 26.7 Å². The van der Waals surface area contributed by atoms with E-state index < -0.39 is 23.7 Å². The van der Waals surface area contributed by atoms with Crippen molar-refractivity contribution in [3.8, 4) is 0 Å². The van der Waals surface area contributed by atoms with E-state index in [4.69, 9.17) is 16.6 Å². The van der Waals surface area contributed by atoms with E-state index >= 15 is 0 Å². The van der Waals surface area contributed by atoms with Gasteiger partial charge >= 0.3 is 11.9 Å². The van der Waals surface area contributed by atoms with Gasteiger partial charge in [0.05, 0.1) is 0 Å². The van der Waals surface area contributed by atoms with Crippen LogP contribution in [0.15, 0.2) is 0 Å². The number of aliphatic hydroxyl groups excluding tert-OH is 1. The maximum atomic E-state index is 11.1. The Morgan fingerprint density at radius 3 is 2.29 bits per heavy atom. The van der Waals surface area contributed by atoms with Gasteiger partial charge in [-0.3, -0.25) is 0 Å². The molecule has 1 atom stereocenters. The summed E-state index contributed by atoms with van der Waals surface area (Å²) in [5, 5.41) is 9.01. The number of rotatable bonds is 4. The maximum absolute atomic E-state index is 11.1. The van der Waals surface area contributed by atoms with E-state index in [1.165, 1.54) is 0 Å². The molecule has 0 aromatic heterocycles. The Kier molecular flexibility index (Phi) is 4.69. The van der Waals surface area contributed by atoms with Crippen LogP contribution in [0.4, 0.5) is 0 Å². The van der Waals surface area contributed by atoms with Crippen LogP contribution >= 0.6 is 0 Å². The summed E-state index contributed by atoms with van der Waals surface area (Å²) in [6.07, 6.45) is -1.01. The van der Waals surface area contributed by atoms with Crippen LogP contribution in [0.2, 0.25) is 0 Å². The van der Waals surface area contributed by atoms with Crippen molar-refractivity contribution in [1.29, 1.82) is 0 Å². The number of carbonyl (C=O) groups is 2. The summed E-state index contributed by atoms with van der Waals surface area (Å²) in [6, 6.07) is 0. The Hall–Kier alpha value is -0.980. The Bertz CT molecular complexity index is 227. The second-order valence-corrected chi connectivity index (χ2v) is 3.03. The lowest BCUT2D eigenvalue weighted by Gasteiger charge is -2.19. The van der Waals surface area contributed by atoms with Crippen molar-refractivity contribution in [2.45, 2.75) is 38.5 Å². The number of aliphatic hydroxyl groups is 1. The Labute approximate surface area is 82.2 Å². The second kappa shape index (κ2) is 5.04. The first-order valence-electron chi connectivity index (χ1n) is 4.37. The van der Waals surface area contributed by atoms with Crippen molar-refractivity contribution < 1.29 is 19.4 Å². The number of hydrogen-bond acceptors (Lipinski definition) is 6. The van der Waals surface area contributed by atoms with E-state index in [0.29, 0.717) is 0 Å². The first kappa shape index (κ1) is 13.0. The topological polar surface area (TPSA) is 116 Å². The van der Waals surface area contributed by atoms with E-state index in [0.717, 1.165) is 0 Å². The van der Waals surface area contributed by atoms with Gasteiger partial charge in [0, 0.05) is 0 Å². The van der Waals surface area contributed by atoms with Gasteiger partial charge in [-0.15, -0.1) is 0 Å². The smallest absolute Gasteiger partial charge is 0.348 e. The monoisotopic (exact) mass is 204 g/mol. The highest BCUT2D eigenvalue weighted by Crippen LogP contribution is 2.03. The van der Waals surface area contributed by atoms with Crippen LogP contribution in [0.3, 0.4) is 0 Å². The molecule has 0 rings (SSSR count). The minimum atomic E-state index is -1.68. The zero-order valence-electron chi connectivity index (χ0n) is 8.32. The average molecular weight is 204 g/mol. The van der Waals surface area contributed by atoms with Crippen molar-refractivity contribution in [3.63, 3.8) is 0 Å². The van der Waals surface area contributed by atoms with Gasteiger partial charge in [0.1, 0.15) is 0 Å². The van der Waals surface area contributed by atoms with Crippen molar-refractivity contribution in [3.05, 3.63) is 0 Å². The molecule has 82 valence electrons. The third kappa shape index (κ3) is 3.41. The second-order valence-electron chi connectivity index (χ2n) is 3.03. The first-order chi connectivity index (χ1) is 6.35. The van der Waals surface area contributed by atoms with E-state index in [1.54, 1.807) is 13.8 Å². The lowest BCUT2D eigenvalue weighted by molar-refractivity contribution is -0.169. The summed E-state index contributed by atoms with van der Waals surface area (Å²) in [7, 11) is 0. The van der Waals surface area contributed by atoms with Crippen LogP contribution in [0.25, 0.3) is 0 Å². The van der Waals surface area contributed by atoms with E-state index in [-0.39, 0.29) is 12.8 Å². The molecule has 0 amide bonds. The van der Waals surface area contributed by atoms with Crippen molar-refractivity contribution in [1.82, 2.24) is 0 Å². The largest absolute Gasteiger partial charge is 0.389 e. The lowest BCUT2D eigenvalue weighted by Crippen LogP contribution is -2.57. The predicted molar refractivity (Wildman–Crippen MR) is 48.8 cm³/mol. The molecule has 0 fully saturated rings. The van der Waals surface area contributed by atoms with Crippen LogP contribution in [0, 0.1) is 0 Å². The molecule has 1 unspecified atom stereocenters. The van der Waals surface area contributed by atoms with Crippen molar-refractivity contribution in [2.75, 3.05) is 0 Å². The Morgan fingerprint density at radius 1 is 1.43 bits per heavy atom. The number of hydrogen-bond donors (Lipinski definition) is 3. The minimum absolute atomic E-state index is 0.140. The first-order valence-corrected chi connectivity index (χ1v) is 4.37. The van der Waals surface area contributed by atoms with Gasteiger partial charge in [0.2, 0.25) is 0 Å². The normalized spacial score (nSPS) is 13.5. The van der Waals surface area contributed by atoms with Gasteiger partial charge in [0.15, 0.2) is 11.8 Å². The molecule has 0 radical (unpaired) electrons. The van der Waals surface area contributed by atoms with E-state index in [2.05, 4.69) is 4.74 Å². The highest BCUT2D eigenvalue weighted by Gasteiger charge is 2.32. The summed E-state index contributed by atoms with van der Waals surface area (Å²) in [6.45, 7) is 3.16. The molecule has 0 spiro atoms. The average Bonchev–Trinajstić information content (AvgIpc) is 2.16. The standard InChI is InChI=1S/C8H16N2O4/c1-3-5(11)6(12)14-7(13)8(9,10)4-2/h5,11H,3-4,9-10H2,1-2H3. The van der Waals surface area contributed by atoms with Crippen molar-refractivity contribution in [2.24, 2.45) is 11.5 Å². The fraction of sp³-hybridized carbons (Fsp3) is 0.750. The molecule has 0 saturated heterocycles. The maximum Gasteiger partial charge on any atom is 0.348 e. The molecule has 0 aliphatic heterocycles. The Balaban J connectivity index is 4.27. The number of carbonyl (C=O) groups excluding carboxylic acids is 2. The minimum Gasteiger partial charge on any atom is -0.389 e. The molecule has 6 nitrogen and oxygen atoms in total. The molecule has 0 aromatic carbocycles. The zero-order chi connectivity index (χ0) is 11.4. The molecular weight excluding hydrogens is 188 g/mol. The molecule has 6 heteroatoms. The lowest BCUT2D eigenvalue weighted by atomic mass is 10.1. The van der Waals surface area contributed by atoms with Crippen LogP contribution in [-0.4, -0.2) is 28.8 Å². The molecule has 0 aliphatic rings.